The maximum absolute atomic E-state index is 12.1. The summed E-state index contributed by atoms with van der Waals surface area (Å²) in [6.07, 6.45) is -17.3. The van der Waals surface area contributed by atoms with Crippen molar-refractivity contribution >= 4 is 18.2 Å². The molecular weight excluding hydrogens is 542 g/mol. The second kappa shape index (κ2) is 12.7. The number of hydrogen-bond acceptors (Lipinski definition) is 15. The van der Waals surface area contributed by atoms with Gasteiger partial charge in [-0.05, 0) is 14.0 Å². The SMILES string of the molecule is CN[C@@H]1[C@H](O[C@H]2[C@@H](O[C@H]3[C@H](O)[C@@H](O)[C@@H](N=C(N)N)[C@@H](O)[C@@H]3N=C(N)N)O[C@@H](C)[C@]2(O)C=O)O[C@@H](CO)[C@H](O)[C@H]1O. The summed E-state index contributed by atoms with van der Waals surface area (Å²) in [6, 6.07) is -4.08. The van der Waals surface area contributed by atoms with Gasteiger partial charge in [0.2, 0.25) is 0 Å². The maximum Gasteiger partial charge on any atom is 0.188 e. The molecule has 0 unspecified atom stereocenters. The van der Waals surface area contributed by atoms with E-state index in [0.29, 0.717) is 0 Å². The Morgan fingerprint density at radius 1 is 0.900 bits per heavy atom. The Balaban J connectivity index is 1.96. The molecule has 0 radical (unpaired) electrons. The number of aliphatic hydroxyl groups excluding tert-OH is 6. The lowest BCUT2D eigenvalue weighted by Crippen LogP contribution is -2.66. The fraction of sp³-hybridized carbons (Fsp3) is 0.857. The number of hydrogen-bond donors (Lipinski definition) is 12. The minimum Gasteiger partial charge on any atom is -0.394 e. The van der Waals surface area contributed by atoms with E-state index in [1.807, 2.05) is 0 Å². The Bertz CT molecular complexity index is 940. The molecule has 40 heavy (non-hydrogen) atoms. The quantitative estimate of drug-likeness (QED) is 0.0682. The highest BCUT2D eigenvalue weighted by molar-refractivity contribution is 5.76. The van der Waals surface area contributed by atoms with Gasteiger partial charge in [0.1, 0.15) is 60.9 Å². The molecule has 0 amide bonds. The summed E-state index contributed by atoms with van der Waals surface area (Å²) in [5.41, 5.74) is 19.4. The number of nitrogens with zero attached hydrogens (tertiary/aromatic N) is 2. The van der Waals surface area contributed by atoms with E-state index in [1.54, 1.807) is 0 Å². The van der Waals surface area contributed by atoms with Crippen LogP contribution in [0, 0.1) is 0 Å². The number of likely N-dealkylation sites (N-methyl/N-ethyl adjacent to an activating group) is 1. The van der Waals surface area contributed by atoms with E-state index < -0.39 is 110 Å². The summed E-state index contributed by atoms with van der Waals surface area (Å²) < 4.78 is 22.9. The minimum absolute atomic E-state index is 0.140. The molecule has 19 heteroatoms. The van der Waals surface area contributed by atoms with Crippen molar-refractivity contribution in [3.05, 3.63) is 0 Å². The molecule has 2 aliphatic heterocycles. The second-order valence-electron chi connectivity index (χ2n) is 9.89. The van der Waals surface area contributed by atoms with Crippen LogP contribution in [0.3, 0.4) is 0 Å². The Labute approximate surface area is 228 Å². The number of guanidine groups is 2. The van der Waals surface area contributed by atoms with Gasteiger partial charge in [-0.3, -0.25) is 4.79 Å². The van der Waals surface area contributed by atoms with Crippen molar-refractivity contribution in [3.63, 3.8) is 0 Å². The third-order valence-corrected chi connectivity index (χ3v) is 7.34. The molecule has 16 N–H and O–H groups in total. The average Bonchev–Trinajstić information content (AvgIpc) is 3.13. The average molecular weight is 582 g/mol. The first-order chi connectivity index (χ1) is 18.7. The van der Waals surface area contributed by atoms with E-state index in [0.717, 1.165) is 0 Å². The lowest BCUT2D eigenvalue weighted by atomic mass is 9.81. The monoisotopic (exact) mass is 581 g/mol. The maximum atomic E-state index is 12.1. The van der Waals surface area contributed by atoms with Gasteiger partial charge >= 0.3 is 0 Å². The molecule has 2 saturated heterocycles. The van der Waals surface area contributed by atoms with Crippen LogP contribution in [0.4, 0.5) is 0 Å². The Morgan fingerprint density at radius 2 is 1.50 bits per heavy atom. The zero-order valence-corrected chi connectivity index (χ0v) is 21.7. The van der Waals surface area contributed by atoms with Crippen molar-refractivity contribution in [2.75, 3.05) is 13.7 Å². The summed E-state index contributed by atoms with van der Waals surface area (Å²) in [5, 5.41) is 76.6. The Hall–Kier alpha value is -2.27. The van der Waals surface area contributed by atoms with Crippen LogP contribution in [0.15, 0.2) is 9.98 Å². The van der Waals surface area contributed by atoms with Crippen LogP contribution < -0.4 is 28.3 Å². The predicted molar refractivity (Wildman–Crippen MR) is 133 cm³/mol. The van der Waals surface area contributed by atoms with Crippen molar-refractivity contribution < 1.29 is 59.5 Å². The predicted octanol–water partition coefficient (Wildman–Crippen LogP) is -8.16. The second-order valence-corrected chi connectivity index (χ2v) is 9.89. The summed E-state index contributed by atoms with van der Waals surface area (Å²) in [6.45, 7) is 0.620. The van der Waals surface area contributed by atoms with Crippen molar-refractivity contribution in [2.45, 2.75) is 98.2 Å². The number of rotatable bonds is 9. The van der Waals surface area contributed by atoms with Crippen LogP contribution in [-0.4, -0.2) is 159 Å². The molecule has 2 heterocycles. The number of carbonyl (C=O) groups excluding carboxylic acids is 1. The molecule has 0 aromatic carbocycles. The van der Waals surface area contributed by atoms with Crippen LogP contribution >= 0.6 is 0 Å². The van der Waals surface area contributed by atoms with Gasteiger partial charge in [-0.15, -0.1) is 0 Å². The van der Waals surface area contributed by atoms with Gasteiger partial charge in [-0.1, -0.05) is 0 Å². The fourth-order valence-corrected chi connectivity index (χ4v) is 5.08. The summed E-state index contributed by atoms with van der Waals surface area (Å²) in [5.74, 6) is -1.03. The largest absolute Gasteiger partial charge is 0.394 e. The molecule has 3 fully saturated rings. The molecule has 230 valence electrons. The van der Waals surface area contributed by atoms with Gasteiger partial charge in [0.25, 0.3) is 0 Å². The lowest BCUT2D eigenvalue weighted by molar-refractivity contribution is -0.314. The minimum atomic E-state index is -2.38. The Morgan fingerprint density at radius 3 is 2.02 bits per heavy atom. The third kappa shape index (κ3) is 6.00. The first-order valence-corrected chi connectivity index (χ1v) is 12.4. The van der Waals surface area contributed by atoms with E-state index in [1.165, 1.54) is 14.0 Å². The summed E-state index contributed by atoms with van der Waals surface area (Å²) in [7, 11) is 1.42. The number of nitrogens with two attached hydrogens (primary N) is 4. The molecule has 0 bridgehead atoms. The number of nitrogens with one attached hydrogen (secondary N) is 1. The highest BCUT2D eigenvalue weighted by Gasteiger charge is 2.60. The van der Waals surface area contributed by atoms with Gasteiger partial charge in [-0.25, -0.2) is 9.98 Å². The van der Waals surface area contributed by atoms with E-state index in [4.69, 9.17) is 41.9 Å². The molecule has 15 atom stereocenters. The normalized spacial score (nSPS) is 47.4. The van der Waals surface area contributed by atoms with Gasteiger partial charge in [0.05, 0.1) is 18.8 Å². The van der Waals surface area contributed by atoms with Crippen LogP contribution in [0.25, 0.3) is 0 Å². The highest BCUT2D eigenvalue weighted by Crippen LogP contribution is 2.38. The number of aliphatic imine (C=N–C) groups is 2. The first kappa shape index (κ1) is 32.2. The zero-order chi connectivity index (χ0) is 30.1. The summed E-state index contributed by atoms with van der Waals surface area (Å²) >= 11 is 0. The fourth-order valence-electron chi connectivity index (χ4n) is 5.08. The van der Waals surface area contributed by atoms with Crippen LogP contribution in [0.5, 0.6) is 0 Å². The molecule has 0 spiro atoms. The zero-order valence-electron chi connectivity index (χ0n) is 21.7. The third-order valence-electron chi connectivity index (χ3n) is 7.34. The van der Waals surface area contributed by atoms with Crippen molar-refractivity contribution in [1.29, 1.82) is 0 Å². The number of aldehydes is 1. The van der Waals surface area contributed by atoms with Crippen molar-refractivity contribution in [1.82, 2.24) is 5.32 Å². The molecular formula is C21H39N7O12. The molecule has 0 aromatic heterocycles. The lowest BCUT2D eigenvalue weighted by Gasteiger charge is -2.45. The van der Waals surface area contributed by atoms with Crippen molar-refractivity contribution in [2.24, 2.45) is 32.9 Å². The topological polar surface area (TPSA) is 336 Å². The summed E-state index contributed by atoms with van der Waals surface area (Å²) in [4.78, 5) is 19.7. The molecule has 3 aliphatic rings. The molecule has 3 rings (SSSR count). The molecule has 1 aliphatic carbocycles. The number of carbonyl (C=O) groups is 1. The van der Waals surface area contributed by atoms with E-state index in [2.05, 4.69) is 15.3 Å². The van der Waals surface area contributed by atoms with Crippen LogP contribution in [0.2, 0.25) is 0 Å². The van der Waals surface area contributed by atoms with Gasteiger partial charge in [-0.2, -0.15) is 0 Å². The molecule has 1 saturated carbocycles. The van der Waals surface area contributed by atoms with Crippen LogP contribution in [-0.2, 0) is 23.7 Å². The van der Waals surface area contributed by atoms with E-state index in [9.17, 15) is 40.5 Å². The first-order valence-electron chi connectivity index (χ1n) is 12.4. The highest BCUT2D eigenvalue weighted by atomic mass is 16.8. The Kier molecular flexibility index (Phi) is 10.2. The molecule has 19 nitrogen and oxygen atoms in total. The standard InChI is InChI=1S/C21H39N7O12/c1-5-21(36,4-30)16(40-17-9(26-2)13(34)10(31)6(3-29)38-17)18(37-5)39-15-8(28-20(24)25)11(32)7(27-19(22)23)12(33)14(15)35/h4-18,26,29,31-36H,3H2,1-2H3,(H4,22,23,27)(H4,24,25,28)/t5-,6-,7-,8-,9-,10-,11+,12-,13-,14+,15+,16-,17-,18+,21+/m0/s1. The van der Waals surface area contributed by atoms with E-state index >= 15 is 0 Å². The van der Waals surface area contributed by atoms with Crippen LogP contribution in [0.1, 0.15) is 6.92 Å². The smallest absolute Gasteiger partial charge is 0.188 e. The van der Waals surface area contributed by atoms with Crippen molar-refractivity contribution in [3.8, 4) is 0 Å². The van der Waals surface area contributed by atoms with Gasteiger partial charge in [0.15, 0.2) is 36.4 Å². The van der Waals surface area contributed by atoms with E-state index in [-0.39, 0.29) is 6.29 Å². The molecule has 0 aromatic rings. The number of ether oxygens (including phenoxy) is 4. The van der Waals surface area contributed by atoms with Gasteiger partial charge in [0, 0.05) is 0 Å². The number of aliphatic hydroxyl groups is 7. The van der Waals surface area contributed by atoms with Gasteiger partial charge < -0.3 is 82.9 Å².